The summed E-state index contributed by atoms with van der Waals surface area (Å²) in [6, 6.07) is 19.0. The molecule has 0 saturated carbocycles. The van der Waals surface area contributed by atoms with E-state index in [1.807, 2.05) is 65.6 Å². The van der Waals surface area contributed by atoms with E-state index in [1.54, 1.807) is 4.31 Å². The Morgan fingerprint density at radius 1 is 0.889 bits per heavy atom. The van der Waals surface area contributed by atoms with Gasteiger partial charge in [-0.15, -0.1) is 0 Å². The molecule has 144 valence electrons. The van der Waals surface area contributed by atoms with Crippen LogP contribution in [0.1, 0.15) is 5.56 Å². The SMILES string of the molecule is O=C(CN1CCN(S(=O)(=O)CCc2ccccc2)CC1)Nc1ccccc1. The number of carbonyl (C=O) groups is 1. The van der Waals surface area contributed by atoms with Gasteiger partial charge in [0, 0.05) is 31.9 Å². The average molecular weight is 388 g/mol. The van der Waals surface area contributed by atoms with E-state index in [-0.39, 0.29) is 18.2 Å². The lowest BCUT2D eigenvalue weighted by atomic mass is 10.2. The van der Waals surface area contributed by atoms with Crippen LogP contribution < -0.4 is 5.32 Å². The Morgan fingerprint density at radius 3 is 2.11 bits per heavy atom. The van der Waals surface area contributed by atoms with Crippen LogP contribution in [0.5, 0.6) is 0 Å². The standard InChI is InChI=1S/C20H25N3O3S/c24-20(21-19-9-5-2-6-10-19)17-22-12-14-23(15-13-22)27(25,26)16-11-18-7-3-1-4-8-18/h1-10H,11-17H2,(H,21,24). The molecule has 2 aromatic rings. The van der Waals surface area contributed by atoms with E-state index in [4.69, 9.17) is 0 Å². The summed E-state index contributed by atoms with van der Waals surface area (Å²) >= 11 is 0. The summed E-state index contributed by atoms with van der Waals surface area (Å²) < 4.78 is 26.7. The molecule has 3 rings (SSSR count). The van der Waals surface area contributed by atoms with Crippen LogP contribution >= 0.6 is 0 Å². The van der Waals surface area contributed by atoms with Crippen molar-refractivity contribution >= 4 is 21.6 Å². The van der Waals surface area contributed by atoms with Crippen molar-refractivity contribution < 1.29 is 13.2 Å². The Morgan fingerprint density at radius 2 is 1.48 bits per heavy atom. The van der Waals surface area contributed by atoms with Crippen molar-refractivity contribution in [1.29, 1.82) is 0 Å². The molecular formula is C20H25N3O3S. The van der Waals surface area contributed by atoms with Gasteiger partial charge in [-0.3, -0.25) is 9.69 Å². The van der Waals surface area contributed by atoms with E-state index in [9.17, 15) is 13.2 Å². The van der Waals surface area contributed by atoms with Gasteiger partial charge in [-0.05, 0) is 24.1 Å². The van der Waals surface area contributed by atoms with Gasteiger partial charge in [-0.1, -0.05) is 48.5 Å². The zero-order valence-electron chi connectivity index (χ0n) is 15.3. The molecule has 1 aliphatic heterocycles. The number of benzene rings is 2. The Balaban J connectivity index is 1.44. The van der Waals surface area contributed by atoms with Gasteiger partial charge in [0.1, 0.15) is 0 Å². The molecule has 1 saturated heterocycles. The zero-order valence-corrected chi connectivity index (χ0v) is 16.1. The van der Waals surface area contributed by atoms with Crippen LogP contribution in [0.25, 0.3) is 0 Å². The maximum Gasteiger partial charge on any atom is 0.238 e. The molecule has 2 aromatic carbocycles. The second-order valence-electron chi connectivity index (χ2n) is 6.64. The summed E-state index contributed by atoms with van der Waals surface area (Å²) in [7, 11) is -3.28. The van der Waals surface area contributed by atoms with E-state index in [2.05, 4.69) is 5.32 Å². The zero-order chi connectivity index (χ0) is 19.1. The molecule has 1 aliphatic rings. The van der Waals surface area contributed by atoms with Crippen LogP contribution in [0.3, 0.4) is 0 Å². The third kappa shape index (κ3) is 5.89. The number of hydrogen-bond donors (Lipinski definition) is 1. The molecule has 1 heterocycles. The molecule has 1 fully saturated rings. The first-order valence-electron chi connectivity index (χ1n) is 9.12. The van der Waals surface area contributed by atoms with Crippen molar-refractivity contribution in [3.8, 4) is 0 Å². The van der Waals surface area contributed by atoms with Gasteiger partial charge in [0.15, 0.2) is 0 Å². The van der Waals surface area contributed by atoms with Gasteiger partial charge in [-0.25, -0.2) is 8.42 Å². The molecule has 1 N–H and O–H groups in total. The number of aryl methyl sites for hydroxylation is 1. The summed E-state index contributed by atoms with van der Waals surface area (Å²) in [6.45, 7) is 2.25. The van der Waals surface area contributed by atoms with Gasteiger partial charge in [0.05, 0.1) is 12.3 Å². The fourth-order valence-corrected chi connectivity index (χ4v) is 4.58. The second-order valence-corrected chi connectivity index (χ2v) is 8.73. The number of nitrogens with one attached hydrogen (secondary N) is 1. The van der Waals surface area contributed by atoms with Crippen molar-refractivity contribution in [2.75, 3.05) is 43.8 Å². The molecule has 6 nitrogen and oxygen atoms in total. The summed E-state index contributed by atoms with van der Waals surface area (Å²) in [5, 5.41) is 2.86. The van der Waals surface area contributed by atoms with Crippen LogP contribution in [0.4, 0.5) is 5.69 Å². The van der Waals surface area contributed by atoms with E-state index >= 15 is 0 Å². The molecular weight excluding hydrogens is 362 g/mol. The molecule has 0 spiro atoms. The summed E-state index contributed by atoms with van der Waals surface area (Å²) in [5.41, 5.74) is 1.79. The van der Waals surface area contributed by atoms with Crippen molar-refractivity contribution in [1.82, 2.24) is 9.21 Å². The lowest BCUT2D eigenvalue weighted by Gasteiger charge is -2.33. The molecule has 0 atom stereocenters. The van der Waals surface area contributed by atoms with Crippen LogP contribution in [0.2, 0.25) is 0 Å². The minimum absolute atomic E-state index is 0.0819. The number of carbonyl (C=O) groups excluding carboxylic acids is 1. The summed E-state index contributed by atoms with van der Waals surface area (Å²) in [5.74, 6) is 0.0347. The maximum absolute atomic E-state index is 12.6. The number of amides is 1. The van der Waals surface area contributed by atoms with Crippen LogP contribution in [-0.2, 0) is 21.2 Å². The van der Waals surface area contributed by atoms with Gasteiger partial charge < -0.3 is 5.32 Å². The maximum atomic E-state index is 12.6. The Bertz CT molecular complexity index is 833. The third-order valence-electron chi connectivity index (χ3n) is 4.64. The van der Waals surface area contributed by atoms with E-state index < -0.39 is 10.0 Å². The number of nitrogens with zero attached hydrogens (tertiary/aromatic N) is 2. The summed E-state index contributed by atoms with van der Waals surface area (Å²) in [6.07, 6.45) is 0.517. The third-order valence-corrected chi connectivity index (χ3v) is 6.51. The number of anilines is 1. The molecule has 0 unspecified atom stereocenters. The van der Waals surface area contributed by atoms with Crippen LogP contribution in [0, 0.1) is 0 Å². The molecule has 1 amide bonds. The van der Waals surface area contributed by atoms with Crippen LogP contribution in [0.15, 0.2) is 60.7 Å². The first kappa shape index (κ1) is 19.5. The van der Waals surface area contributed by atoms with Gasteiger partial charge >= 0.3 is 0 Å². The summed E-state index contributed by atoms with van der Waals surface area (Å²) in [4.78, 5) is 14.1. The highest BCUT2D eigenvalue weighted by Gasteiger charge is 2.27. The Hall–Kier alpha value is -2.22. The van der Waals surface area contributed by atoms with E-state index in [0.29, 0.717) is 32.6 Å². The predicted molar refractivity (Wildman–Crippen MR) is 107 cm³/mol. The smallest absolute Gasteiger partial charge is 0.238 e. The van der Waals surface area contributed by atoms with E-state index in [1.165, 1.54) is 0 Å². The number of para-hydroxylation sites is 1. The lowest BCUT2D eigenvalue weighted by molar-refractivity contribution is -0.117. The number of hydrogen-bond acceptors (Lipinski definition) is 4. The fourth-order valence-electron chi connectivity index (χ4n) is 3.11. The number of rotatable bonds is 7. The highest BCUT2D eigenvalue weighted by Crippen LogP contribution is 2.11. The molecule has 0 radical (unpaired) electrons. The topological polar surface area (TPSA) is 69.7 Å². The van der Waals surface area contributed by atoms with Crippen molar-refractivity contribution in [2.24, 2.45) is 0 Å². The number of piperazine rings is 1. The predicted octanol–water partition coefficient (Wildman–Crippen LogP) is 1.82. The fraction of sp³-hybridized carbons (Fsp3) is 0.350. The minimum Gasteiger partial charge on any atom is -0.325 e. The molecule has 0 bridgehead atoms. The molecule has 0 aliphatic carbocycles. The Kier molecular flexibility index (Phi) is 6.60. The van der Waals surface area contributed by atoms with Crippen LogP contribution in [-0.4, -0.2) is 62.0 Å². The van der Waals surface area contributed by atoms with Gasteiger partial charge in [-0.2, -0.15) is 4.31 Å². The first-order chi connectivity index (χ1) is 13.0. The normalized spacial score (nSPS) is 16.1. The molecule has 7 heteroatoms. The largest absolute Gasteiger partial charge is 0.325 e. The highest BCUT2D eigenvalue weighted by atomic mass is 32.2. The van der Waals surface area contributed by atoms with Crippen molar-refractivity contribution in [3.05, 3.63) is 66.2 Å². The quantitative estimate of drug-likeness (QED) is 0.787. The van der Waals surface area contributed by atoms with Crippen molar-refractivity contribution in [3.63, 3.8) is 0 Å². The van der Waals surface area contributed by atoms with E-state index in [0.717, 1.165) is 11.3 Å². The monoisotopic (exact) mass is 387 g/mol. The first-order valence-corrected chi connectivity index (χ1v) is 10.7. The molecule has 0 aromatic heterocycles. The van der Waals surface area contributed by atoms with Gasteiger partial charge in [0.2, 0.25) is 15.9 Å². The average Bonchev–Trinajstić information content (AvgIpc) is 2.68. The lowest BCUT2D eigenvalue weighted by Crippen LogP contribution is -2.51. The number of sulfonamides is 1. The highest BCUT2D eigenvalue weighted by molar-refractivity contribution is 7.89. The molecule has 27 heavy (non-hydrogen) atoms. The Labute approximate surface area is 160 Å². The second kappa shape index (κ2) is 9.12. The van der Waals surface area contributed by atoms with Gasteiger partial charge in [0.25, 0.3) is 0 Å². The minimum atomic E-state index is -3.28. The van der Waals surface area contributed by atoms with Crippen molar-refractivity contribution in [2.45, 2.75) is 6.42 Å².